The number of benzene rings is 2. The van der Waals surface area contributed by atoms with Crippen LogP contribution in [0.25, 0.3) is 0 Å². The molecule has 0 saturated heterocycles. The summed E-state index contributed by atoms with van der Waals surface area (Å²) >= 11 is 0. The second-order valence-corrected chi connectivity index (χ2v) is 5.25. The van der Waals surface area contributed by atoms with Crippen LogP contribution in [0, 0.1) is 6.92 Å². The van der Waals surface area contributed by atoms with Crippen molar-refractivity contribution in [3.8, 4) is 0 Å². The summed E-state index contributed by atoms with van der Waals surface area (Å²) in [6.07, 6.45) is 0. The molecule has 0 bridgehead atoms. The van der Waals surface area contributed by atoms with E-state index in [1.54, 1.807) is 0 Å². The van der Waals surface area contributed by atoms with Crippen molar-refractivity contribution in [2.75, 3.05) is 12.8 Å². The molecule has 2 rings (SSSR count). The van der Waals surface area contributed by atoms with Crippen LogP contribution in [-0.4, -0.2) is 11.9 Å². The molecule has 2 nitrogen and oxygen atoms in total. The third-order valence-electron chi connectivity index (χ3n) is 3.59. The predicted molar refractivity (Wildman–Crippen MR) is 81.9 cm³/mol. The Balaban J connectivity index is 2.07. The summed E-state index contributed by atoms with van der Waals surface area (Å²) in [5, 5.41) is 0. The van der Waals surface area contributed by atoms with Crippen molar-refractivity contribution in [3.05, 3.63) is 65.2 Å². The van der Waals surface area contributed by atoms with E-state index in [0.717, 1.165) is 12.2 Å². The summed E-state index contributed by atoms with van der Waals surface area (Å²) in [6, 6.07) is 17.2. The maximum atomic E-state index is 5.73. The van der Waals surface area contributed by atoms with Crippen molar-refractivity contribution in [3.63, 3.8) is 0 Å². The summed E-state index contributed by atoms with van der Waals surface area (Å²) in [5.74, 6) is 0. The third-order valence-corrected chi connectivity index (χ3v) is 3.59. The number of hydrogen-bond acceptors (Lipinski definition) is 2. The van der Waals surface area contributed by atoms with Crippen molar-refractivity contribution in [1.82, 2.24) is 4.90 Å². The molecule has 100 valence electrons. The number of hydrogen-bond donors (Lipinski definition) is 1. The standard InChI is InChI=1S/C17H22N2/c1-13-5-4-6-15(11-13)12-19(3)14(2)16-7-9-17(18)10-8-16/h4-11,14H,12,18H2,1-3H3. The minimum Gasteiger partial charge on any atom is -0.399 e. The number of anilines is 1. The molecule has 0 aromatic heterocycles. The van der Waals surface area contributed by atoms with Gasteiger partial charge >= 0.3 is 0 Å². The van der Waals surface area contributed by atoms with Gasteiger partial charge in [0.25, 0.3) is 0 Å². The van der Waals surface area contributed by atoms with Crippen molar-refractivity contribution in [1.29, 1.82) is 0 Å². The molecular weight excluding hydrogens is 232 g/mol. The summed E-state index contributed by atoms with van der Waals surface area (Å²) < 4.78 is 0. The van der Waals surface area contributed by atoms with Gasteiger partial charge in [-0.3, -0.25) is 4.90 Å². The molecule has 0 amide bonds. The first-order valence-corrected chi connectivity index (χ1v) is 6.67. The van der Waals surface area contributed by atoms with Crippen LogP contribution in [-0.2, 0) is 6.54 Å². The van der Waals surface area contributed by atoms with Gasteiger partial charge in [-0.2, -0.15) is 0 Å². The van der Waals surface area contributed by atoms with Gasteiger partial charge in [0.2, 0.25) is 0 Å². The normalized spacial score (nSPS) is 12.6. The van der Waals surface area contributed by atoms with Crippen LogP contribution in [0.2, 0.25) is 0 Å². The second-order valence-electron chi connectivity index (χ2n) is 5.25. The van der Waals surface area contributed by atoms with Gasteiger partial charge in [-0.1, -0.05) is 42.0 Å². The molecule has 0 fully saturated rings. The summed E-state index contributed by atoms with van der Waals surface area (Å²) in [4.78, 5) is 2.35. The lowest BCUT2D eigenvalue weighted by atomic mass is 10.1. The van der Waals surface area contributed by atoms with Crippen LogP contribution in [0.4, 0.5) is 5.69 Å². The predicted octanol–water partition coefficient (Wildman–Crippen LogP) is 3.77. The Morgan fingerprint density at radius 3 is 2.42 bits per heavy atom. The first-order valence-electron chi connectivity index (χ1n) is 6.67. The Hall–Kier alpha value is -1.80. The van der Waals surface area contributed by atoms with Crippen LogP contribution >= 0.6 is 0 Å². The van der Waals surface area contributed by atoms with Gasteiger partial charge in [-0.25, -0.2) is 0 Å². The molecule has 2 N–H and O–H groups in total. The first-order chi connectivity index (χ1) is 9.06. The Labute approximate surface area is 115 Å². The molecule has 0 aliphatic rings. The average Bonchev–Trinajstić information content (AvgIpc) is 2.39. The Morgan fingerprint density at radius 1 is 1.11 bits per heavy atom. The number of rotatable bonds is 4. The van der Waals surface area contributed by atoms with Gasteiger partial charge in [0, 0.05) is 18.3 Å². The molecule has 2 aromatic rings. The Bertz CT molecular complexity index is 531. The van der Waals surface area contributed by atoms with E-state index >= 15 is 0 Å². The average molecular weight is 254 g/mol. The molecule has 1 atom stereocenters. The number of aryl methyl sites for hydroxylation is 1. The molecule has 2 aromatic carbocycles. The van der Waals surface area contributed by atoms with E-state index in [9.17, 15) is 0 Å². The van der Waals surface area contributed by atoms with Crippen LogP contribution in [0.3, 0.4) is 0 Å². The SMILES string of the molecule is Cc1cccc(CN(C)C(C)c2ccc(N)cc2)c1. The minimum absolute atomic E-state index is 0.376. The van der Waals surface area contributed by atoms with Crippen LogP contribution in [0.15, 0.2) is 48.5 Å². The summed E-state index contributed by atoms with van der Waals surface area (Å²) in [6.45, 7) is 5.31. The van der Waals surface area contributed by atoms with E-state index < -0.39 is 0 Å². The van der Waals surface area contributed by atoms with Gasteiger partial charge in [-0.15, -0.1) is 0 Å². The minimum atomic E-state index is 0.376. The zero-order chi connectivity index (χ0) is 13.8. The van der Waals surface area contributed by atoms with Crippen molar-refractivity contribution >= 4 is 5.69 Å². The van der Waals surface area contributed by atoms with Gasteiger partial charge in [0.15, 0.2) is 0 Å². The molecule has 0 radical (unpaired) electrons. The lowest BCUT2D eigenvalue weighted by molar-refractivity contribution is 0.253. The van der Waals surface area contributed by atoms with Gasteiger partial charge < -0.3 is 5.73 Å². The lowest BCUT2D eigenvalue weighted by Gasteiger charge is -2.25. The largest absolute Gasteiger partial charge is 0.399 e. The van der Waals surface area contributed by atoms with E-state index in [1.165, 1.54) is 16.7 Å². The fourth-order valence-corrected chi connectivity index (χ4v) is 2.26. The lowest BCUT2D eigenvalue weighted by Crippen LogP contribution is -2.21. The molecule has 0 heterocycles. The molecule has 0 aliphatic carbocycles. The monoisotopic (exact) mass is 254 g/mol. The third kappa shape index (κ3) is 3.58. The maximum Gasteiger partial charge on any atom is 0.0320 e. The van der Waals surface area contributed by atoms with Crippen LogP contribution in [0.5, 0.6) is 0 Å². The van der Waals surface area contributed by atoms with E-state index in [0.29, 0.717) is 6.04 Å². The van der Waals surface area contributed by atoms with Crippen LogP contribution in [0.1, 0.15) is 29.7 Å². The molecule has 19 heavy (non-hydrogen) atoms. The van der Waals surface area contributed by atoms with Crippen LogP contribution < -0.4 is 5.73 Å². The summed E-state index contributed by atoms with van der Waals surface area (Å²) in [7, 11) is 2.16. The number of nitrogen functional groups attached to an aromatic ring is 1. The smallest absolute Gasteiger partial charge is 0.0320 e. The Morgan fingerprint density at radius 2 is 1.79 bits per heavy atom. The zero-order valence-corrected chi connectivity index (χ0v) is 11.9. The zero-order valence-electron chi connectivity index (χ0n) is 11.9. The number of nitrogens with two attached hydrogens (primary N) is 1. The maximum absolute atomic E-state index is 5.73. The van der Waals surface area contributed by atoms with Gasteiger partial charge in [0.05, 0.1) is 0 Å². The van der Waals surface area contributed by atoms with Crippen molar-refractivity contribution in [2.45, 2.75) is 26.4 Å². The Kier molecular flexibility index (Phi) is 4.23. The molecular formula is C17H22N2. The highest BCUT2D eigenvalue weighted by Gasteiger charge is 2.11. The highest BCUT2D eigenvalue weighted by Crippen LogP contribution is 2.21. The second kappa shape index (κ2) is 5.89. The molecule has 2 heteroatoms. The van der Waals surface area contributed by atoms with Gasteiger partial charge in [0.1, 0.15) is 0 Å². The highest BCUT2D eigenvalue weighted by molar-refractivity contribution is 5.40. The summed E-state index contributed by atoms with van der Waals surface area (Å²) in [5.41, 5.74) is 10.5. The van der Waals surface area contributed by atoms with E-state index in [2.05, 4.69) is 62.2 Å². The van der Waals surface area contributed by atoms with Crippen molar-refractivity contribution in [2.24, 2.45) is 0 Å². The quantitative estimate of drug-likeness (QED) is 0.842. The molecule has 0 saturated carbocycles. The molecule has 0 spiro atoms. The highest BCUT2D eigenvalue weighted by atomic mass is 15.1. The topological polar surface area (TPSA) is 29.3 Å². The van der Waals surface area contributed by atoms with E-state index in [4.69, 9.17) is 5.73 Å². The molecule has 0 aliphatic heterocycles. The van der Waals surface area contributed by atoms with E-state index in [-0.39, 0.29) is 0 Å². The first kappa shape index (κ1) is 13.6. The number of nitrogens with zero attached hydrogens (tertiary/aromatic N) is 1. The molecule has 1 unspecified atom stereocenters. The fraction of sp³-hybridized carbons (Fsp3) is 0.294. The van der Waals surface area contributed by atoms with Gasteiger partial charge in [-0.05, 0) is 44.2 Å². The fourth-order valence-electron chi connectivity index (χ4n) is 2.26. The van der Waals surface area contributed by atoms with E-state index in [1.807, 2.05) is 12.1 Å². The van der Waals surface area contributed by atoms with Crippen molar-refractivity contribution < 1.29 is 0 Å².